The molecule has 0 bridgehead atoms. The number of amides is 1. The molecule has 2 aromatic rings. The lowest BCUT2D eigenvalue weighted by Crippen LogP contribution is -2.44. The Morgan fingerprint density at radius 2 is 1.91 bits per heavy atom. The molecule has 6 nitrogen and oxygen atoms in total. The molecule has 2 aromatic carbocycles. The third-order valence-electron chi connectivity index (χ3n) is 6.33. The maximum absolute atomic E-state index is 13.3. The van der Waals surface area contributed by atoms with Crippen LogP contribution in [0.25, 0.3) is 0 Å². The number of rotatable bonds is 6. The van der Waals surface area contributed by atoms with Crippen LogP contribution in [0, 0.1) is 5.92 Å². The standard InChI is InChI=1S/C24H29ClN2O4S/c1-2-31-22-11-10-19(25)16-23(22)32(29,30)27-14-12-18(13-15-27)24(28)26-21-9-5-7-17-6-3-4-8-20(17)21/h3-4,6,8,10-11,16,18,21H,2,5,7,9,12-15H2,1H3,(H,26,28). The predicted molar refractivity (Wildman–Crippen MR) is 124 cm³/mol. The van der Waals surface area contributed by atoms with Crippen LogP contribution in [0.2, 0.25) is 5.02 Å². The average molecular weight is 477 g/mol. The number of piperidine rings is 1. The summed E-state index contributed by atoms with van der Waals surface area (Å²) in [5.41, 5.74) is 2.51. The summed E-state index contributed by atoms with van der Waals surface area (Å²) in [6.07, 6.45) is 4.02. The number of fused-ring (bicyclic) bond motifs is 1. The molecule has 1 aliphatic carbocycles. The molecule has 1 saturated heterocycles. The third-order valence-corrected chi connectivity index (χ3v) is 8.49. The van der Waals surface area contributed by atoms with E-state index < -0.39 is 10.0 Å². The largest absolute Gasteiger partial charge is 0.492 e. The van der Waals surface area contributed by atoms with E-state index in [9.17, 15) is 13.2 Å². The summed E-state index contributed by atoms with van der Waals surface area (Å²) in [6.45, 7) is 2.75. The molecule has 1 unspecified atom stereocenters. The van der Waals surface area contributed by atoms with Gasteiger partial charge in [0.05, 0.1) is 12.6 Å². The lowest BCUT2D eigenvalue weighted by Gasteiger charge is -2.33. The van der Waals surface area contributed by atoms with Crippen molar-refractivity contribution in [2.45, 2.75) is 50.0 Å². The van der Waals surface area contributed by atoms with Crippen molar-refractivity contribution in [1.82, 2.24) is 9.62 Å². The van der Waals surface area contributed by atoms with Crippen molar-refractivity contribution in [3.05, 3.63) is 58.6 Å². The first-order valence-electron chi connectivity index (χ1n) is 11.2. The number of nitrogens with one attached hydrogen (secondary N) is 1. The molecule has 8 heteroatoms. The lowest BCUT2D eigenvalue weighted by molar-refractivity contribution is -0.127. The highest BCUT2D eigenvalue weighted by Gasteiger charge is 2.35. The van der Waals surface area contributed by atoms with Crippen LogP contribution < -0.4 is 10.1 Å². The van der Waals surface area contributed by atoms with Crippen LogP contribution in [-0.2, 0) is 21.2 Å². The summed E-state index contributed by atoms with van der Waals surface area (Å²) in [4.78, 5) is 13.0. The van der Waals surface area contributed by atoms with E-state index in [1.54, 1.807) is 19.1 Å². The van der Waals surface area contributed by atoms with Crippen molar-refractivity contribution in [2.24, 2.45) is 5.92 Å². The smallest absolute Gasteiger partial charge is 0.246 e. The molecule has 2 aliphatic rings. The van der Waals surface area contributed by atoms with Gasteiger partial charge in [0, 0.05) is 24.0 Å². The Morgan fingerprint density at radius 3 is 2.66 bits per heavy atom. The highest BCUT2D eigenvalue weighted by atomic mass is 35.5. The summed E-state index contributed by atoms with van der Waals surface area (Å²) in [6, 6.07) is 12.9. The van der Waals surface area contributed by atoms with E-state index in [4.69, 9.17) is 16.3 Å². The Balaban J connectivity index is 1.41. The maximum atomic E-state index is 13.3. The summed E-state index contributed by atoms with van der Waals surface area (Å²) in [5.74, 6) is 0.121. The van der Waals surface area contributed by atoms with Crippen molar-refractivity contribution in [3.8, 4) is 5.75 Å². The zero-order valence-corrected chi connectivity index (χ0v) is 19.8. The molecule has 1 amide bonds. The van der Waals surface area contributed by atoms with Crippen LogP contribution in [0.15, 0.2) is 47.4 Å². The minimum Gasteiger partial charge on any atom is -0.492 e. The summed E-state index contributed by atoms with van der Waals surface area (Å²) in [7, 11) is -3.76. The average Bonchev–Trinajstić information content (AvgIpc) is 2.80. The highest BCUT2D eigenvalue weighted by molar-refractivity contribution is 7.89. The Kier molecular flexibility index (Phi) is 7.08. The fraction of sp³-hybridized carbons (Fsp3) is 0.458. The van der Waals surface area contributed by atoms with Crippen molar-refractivity contribution in [1.29, 1.82) is 0 Å². The van der Waals surface area contributed by atoms with Gasteiger partial charge in [-0.25, -0.2) is 8.42 Å². The number of aryl methyl sites for hydroxylation is 1. The zero-order chi connectivity index (χ0) is 22.7. The fourth-order valence-electron chi connectivity index (χ4n) is 4.65. The van der Waals surface area contributed by atoms with Crippen LogP contribution in [0.4, 0.5) is 0 Å². The number of carbonyl (C=O) groups excluding carboxylic acids is 1. The molecular formula is C24H29ClN2O4S. The second kappa shape index (κ2) is 9.81. The molecule has 0 spiro atoms. The van der Waals surface area contributed by atoms with Gasteiger partial charge in [0.15, 0.2) is 0 Å². The van der Waals surface area contributed by atoms with Crippen LogP contribution in [0.3, 0.4) is 0 Å². The Hall–Kier alpha value is -2.09. The van der Waals surface area contributed by atoms with Gasteiger partial charge in [0.1, 0.15) is 10.6 Å². The highest BCUT2D eigenvalue weighted by Crippen LogP contribution is 2.33. The van der Waals surface area contributed by atoms with E-state index in [-0.39, 0.29) is 22.8 Å². The van der Waals surface area contributed by atoms with Crippen LogP contribution in [0.5, 0.6) is 5.75 Å². The lowest BCUT2D eigenvalue weighted by atomic mass is 9.87. The second-order valence-electron chi connectivity index (χ2n) is 8.35. The van der Waals surface area contributed by atoms with Crippen molar-refractivity contribution in [3.63, 3.8) is 0 Å². The number of carbonyl (C=O) groups is 1. The van der Waals surface area contributed by atoms with Crippen LogP contribution >= 0.6 is 11.6 Å². The molecule has 1 heterocycles. The van der Waals surface area contributed by atoms with E-state index in [0.29, 0.717) is 43.3 Å². The zero-order valence-electron chi connectivity index (χ0n) is 18.2. The fourth-order valence-corrected chi connectivity index (χ4v) is 6.51. The van der Waals surface area contributed by atoms with E-state index in [0.717, 1.165) is 19.3 Å². The van der Waals surface area contributed by atoms with E-state index in [2.05, 4.69) is 17.4 Å². The Morgan fingerprint density at radius 1 is 1.16 bits per heavy atom. The Bertz CT molecular complexity index is 1080. The van der Waals surface area contributed by atoms with Gasteiger partial charge in [0.25, 0.3) is 0 Å². The summed E-state index contributed by atoms with van der Waals surface area (Å²) >= 11 is 6.06. The molecule has 1 aliphatic heterocycles. The monoisotopic (exact) mass is 476 g/mol. The van der Waals surface area contributed by atoms with Crippen LogP contribution in [-0.4, -0.2) is 38.3 Å². The number of benzene rings is 2. The van der Waals surface area contributed by atoms with Crippen molar-refractivity contribution < 1.29 is 17.9 Å². The number of hydrogen-bond acceptors (Lipinski definition) is 4. The van der Waals surface area contributed by atoms with Crippen molar-refractivity contribution in [2.75, 3.05) is 19.7 Å². The number of halogens is 1. The molecule has 172 valence electrons. The number of nitrogens with zero attached hydrogens (tertiary/aromatic N) is 1. The molecule has 32 heavy (non-hydrogen) atoms. The quantitative estimate of drug-likeness (QED) is 0.673. The number of ether oxygens (including phenoxy) is 1. The second-order valence-corrected chi connectivity index (χ2v) is 10.7. The SMILES string of the molecule is CCOc1ccc(Cl)cc1S(=O)(=O)N1CCC(C(=O)NC2CCCc3ccccc32)CC1. The van der Waals surface area contributed by atoms with Gasteiger partial charge >= 0.3 is 0 Å². The normalized spacial score (nSPS) is 19.9. The molecule has 1 N–H and O–H groups in total. The molecule has 4 rings (SSSR count). The first-order valence-corrected chi connectivity index (χ1v) is 13.0. The molecule has 0 saturated carbocycles. The number of hydrogen-bond donors (Lipinski definition) is 1. The van der Waals surface area contributed by atoms with Gasteiger partial charge in [-0.15, -0.1) is 0 Å². The summed E-state index contributed by atoms with van der Waals surface area (Å²) < 4.78 is 33.4. The van der Waals surface area contributed by atoms with Gasteiger partial charge in [-0.2, -0.15) is 4.31 Å². The first-order chi connectivity index (χ1) is 15.4. The molecule has 1 atom stereocenters. The third kappa shape index (κ3) is 4.80. The molecule has 0 radical (unpaired) electrons. The van der Waals surface area contributed by atoms with Gasteiger partial charge in [-0.05, 0) is 68.4 Å². The Labute approximate surface area is 195 Å². The molecule has 0 aromatic heterocycles. The minimum absolute atomic E-state index is 0.0153. The van der Waals surface area contributed by atoms with Gasteiger partial charge in [-0.1, -0.05) is 35.9 Å². The first kappa shape index (κ1) is 23.1. The predicted octanol–water partition coefficient (Wildman–Crippen LogP) is 4.33. The maximum Gasteiger partial charge on any atom is 0.246 e. The van der Waals surface area contributed by atoms with Gasteiger partial charge in [-0.3, -0.25) is 4.79 Å². The van der Waals surface area contributed by atoms with E-state index in [1.165, 1.54) is 21.5 Å². The topological polar surface area (TPSA) is 75.7 Å². The van der Waals surface area contributed by atoms with Gasteiger partial charge < -0.3 is 10.1 Å². The molecular weight excluding hydrogens is 448 g/mol. The van der Waals surface area contributed by atoms with E-state index >= 15 is 0 Å². The van der Waals surface area contributed by atoms with Crippen LogP contribution in [0.1, 0.15) is 49.8 Å². The van der Waals surface area contributed by atoms with Crippen molar-refractivity contribution >= 4 is 27.5 Å². The summed E-state index contributed by atoms with van der Waals surface area (Å²) in [5, 5.41) is 3.56. The van der Waals surface area contributed by atoms with Gasteiger partial charge in [0.2, 0.25) is 15.9 Å². The minimum atomic E-state index is -3.76. The van der Waals surface area contributed by atoms with E-state index in [1.807, 2.05) is 12.1 Å². The molecule has 1 fully saturated rings. The number of sulfonamides is 1.